The van der Waals surface area contributed by atoms with Crippen LogP contribution in [0.15, 0.2) is 24.3 Å². The average molecular weight is 261 g/mol. The summed E-state index contributed by atoms with van der Waals surface area (Å²) < 4.78 is 5.81. The van der Waals surface area contributed by atoms with Gasteiger partial charge in [-0.15, -0.1) is 0 Å². The predicted molar refractivity (Wildman–Crippen MR) is 80.9 cm³/mol. The molecule has 19 heavy (non-hydrogen) atoms. The van der Waals surface area contributed by atoms with Crippen molar-refractivity contribution in [2.24, 2.45) is 0 Å². The number of nitrogens with one attached hydrogen (secondary N) is 1. The molecule has 0 amide bonds. The van der Waals surface area contributed by atoms with Crippen molar-refractivity contribution in [1.82, 2.24) is 5.32 Å². The van der Waals surface area contributed by atoms with Gasteiger partial charge in [-0.05, 0) is 63.3 Å². The predicted octanol–water partition coefficient (Wildman–Crippen LogP) is 4.11. The Morgan fingerprint density at radius 2 is 2.16 bits per heavy atom. The summed E-state index contributed by atoms with van der Waals surface area (Å²) in [7, 11) is 0. The molecule has 1 saturated carbocycles. The summed E-state index contributed by atoms with van der Waals surface area (Å²) in [6.45, 7) is 7.51. The van der Waals surface area contributed by atoms with Gasteiger partial charge in [-0.2, -0.15) is 0 Å². The molecule has 1 aliphatic rings. The van der Waals surface area contributed by atoms with Crippen LogP contribution in [0.3, 0.4) is 0 Å². The summed E-state index contributed by atoms with van der Waals surface area (Å²) in [5.41, 5.74) is 1.43. The Labute approximate surface area is 117 Å². The summed E-state index contributed by atoms with van der Waals surface area (Å²) in [4.78, 5) is 0. The van der Waals surface area contributed by atoms with Gasteiger partial charge in [0.2, 0.25) is 0 Å². The topological polar surface area (TPSA) is 21.3 Å². The van der Waals surface area contributed by atoms with E-state index in [9.17, 15) is 0 Å². The van der Waals surface area contributed by atoms with Crippen LogP contribution in [-0.4, -0.2) is 18.7 Å². The fourth-order valence-corrected chi connectivity index (χ4v) is 3.02. The Hall–Kier alpha value is -1.02. The van der Waals surface area contributed by atoms with Gasteiger partial charge in [-0.1, -0.05) is 25.5 Å². The van der Waals surface area contributed by atoms with Crippen molar-refractivity contribution in [3.8, 4) is 5.75 Å². The number of rotatable bonds is 6. The maximum absolute atomic E-state index is 5.81. The highest BCUT2D eigenvalue weighted by Gasteiger charge is 2.28. The van der Waals surface area contributed by atoms with Crippen molar-refractivity contribution in [3.63, 3.8) is 0 Å². The van der Waals surface area contributed by atoms with Gasteiger partial charge in [0.1, 0.15) is 5.75 Å². The molecule has 0 spiro atoms. The lowest BCUT2D eigenvalue weighted by atomic mass is 9.94. The third-order valence-corrected chi connectivity index (χ3v) is 3.83. The Bertz CT molecular complexity index is 389. The molecule has 2 nitrogen and oxygen atoms in total. The van der Waals surface area contributed by atoms with Gasteiger partial charge < -0.3 is 10.1 Å². The molecule has 2 unspecified atom stereocenters. The first-order valence-electron chi connectivity index (χ1n) is 7.70. The van der Waals surface area contributed by atoms with Crippen LogP contribution in [0.4, 0.5) is 0 Å². The molecule has 0 bridgehead atoms. The molecule has 106 valence electrons. The lowest BCUT2D eigenvalue weighted by Crippen LogP contribution is -2.31. The molecule has 1 aromatic rings. The van der Waals surface area contributed by atoms with Gasteiger partial charge in [0.15, 0.2) is 0 Å². The van der Waals surface area contributed by atoms with Gasteiger partial charge in [0, 0.05) is 6.04 Å². The van der Waals surface area contributed by atoms with E-state index in [1.165, 1.54) is 31.2 Å². The fraction of sp³-hybridized carbons (Fsp3) is 0.647. The lowest BCUT2D eigenvalue weighted by Gasteiger charge is -2.22. The van der Waals surface area contributed by atoms with E-state index in [1.54, 1.807) is 0 Å². The number of hydrogen-bond acceptors (Lipinski definition) is 2. The van der Waals surface area contributed by atoms with Crippen molar-refractivity contribution in [3.05, 3.63) is 29.8 Å². The Morgan fingerprint density at radius 1 is 1.32 bits per heavy atom. The second kappa shape index (κ2) is 6.95. The maximum Gasteiger partial charge on any atom is 0.119 e. The molecule has 0 radical (unpaired) electrons. The largest absolute Gasteiger partial charge is 0.491 e. The normalized spacial score (nSPS) is 22.9. The van der Waals surface area contributed by atoms with Gasteiger partial charge in [0.25, 0.3) is 0 Å². The Kier molecular flexibility index (Phi) is 5.26. The van der Waals surface area contributed by atoms with Crippen molar-refractivity contribution >= 4 is 0 Å². The first kappa shape index (κ1) is 14.4. The second-order valence-corrected chi connectivity index (χ2v) is 5.84. The molecule has 2 heteroatoms. The second-order valence-electron chi connectivity index (χ2n) is 5.84. The fourth-order valence-electron chi connectivity index (χ4n) is 3.02. The van der Waals surface area contributed by atoms with Crippen LogP contribution in [0.1, 0.15) is 57.9 Å². The van der Waals surface area contributed by atoms with Gasteiger partial charge in [-0.3, -0.25) is 0 Å². The highest BCUT2D eigenvalue weighted by Crippen LogP contribution is 2.35. The third-order valence-electron chi connectivity index (χ3n) is 3.83. The first-order chi connectivity index (χ1) is 9.20. The lowest BCUT2D eigenvalue weighted by molar-refractivity contribution is 0.242. The zero-order chi connectivity index (χ0) is 13.7. The number of benzene rings is 1. The molecule has 1 aliphatic carbocycles. The standard InChI is InChI=1S/C17H27NO/c1-4-11-18-17-10-6-9-16(17)14-7-5-8-15(12-14)19-13(2)3/h5,7-8,12-13,16-18H,4,6,9-11H2,1-3H3. The minimum Gasteiger partial charge on any atom is -0.491 e. The van der Waals surface area contributed by atoms with Crippen molar-refractivity contribution in [2.75, 3.05) is 6.54 Å². The van der Waals surface area contributed by atoms with Crippen LogP contribution in [0.2, 0.25) is 0 Å². The van der Waals surface area contributed by atoms with Crippen molar-refractivity contribution < 1.29 is 4.74 Å². The molecule has 2 atom stereocenters. The van der Waals surface area contributed by atoms with E-state index in [1.807, 2.05) is 0 Å². The molecule has 1 N–H and O–H groups in total. The molecule has 0 aliphatic heterocycles. The highest BCUT2D eigenvalue weighted by atomic mass is 16.5. The molecular formula is C17H27NO. The monoisotopic (exact) mass is 261 g/mol. The van der Waals surface area contributed by atoms with Gasteiger partial charge in [0.05, 0.1) is 6.10 Å². The van der Waals surface area contributed by atoms with Crippen LogP contribution in [0.25, 0.3) is 0 Å². The maximum atomic E-state index is 5.81. The van der Waals surface area contributed by atoms with Crippen LogP contribution >= 0.6 is 0 Å². The molecule has 1 aromatic carbocycles. The summed E-state index contributed by atoms with van der Waals surface area (Å²) in [6.07, 6.45) is 5.39. The molecule has 2 rings (SSSR count). The van der Waals surface area contributed by atoms with Gasteiger partial charge in [-0.25, -0.2) is 0 Å². The van der Waals surface area contributed by atoms with Crippen molar-refractivity contribution in [1.29, 1.82) is 0 Å². The third kappa shape index (κ3) is 3.97. The summed E-state index contributed by atoms with van der Waals surface area (Å²) in [6, 6.07) is 9.32. The van der Waals surface area contributed by atoms with E-state index in [0.29, 0.717) is 12.0 Å². The summed E-state index contributed by atoms with van der Waals surface area (Å²) in [5.74, 6) is 1.66. The van der Waals surface area contributed by atoms with Gasteiger partial charge >= 0.3 is 0 Å². The highest BCUT2D eigenvalue weighted by molar-refractivity contribution is 5.32. The Morgan fingerprint density at radius 3 is 2.89 bits per heavy atom. The molecular weight excluding hydrogens is 234 g/mol. The van der Waals surface area contributed by atoms with E-state index in [-0.39, 0.29) is 6.10 Å². The SMILES string of the molecule is CCCNC1CCCC1c1cccc(OC(C)C)c1. The van der Waals surface area contributed by atoms with Crippen LogP contribution in [0.5, 0.6) is 5.75 Å². The van der Waals surface area contributed by atoms with Crippen LogP contribution in [0, 0.1) is 0 Å². The molecule has 0 aromatic heterocycles. The van der Waals surface area contributed by atoms with Crippen LogP contribution < -0.4 is 10.1 Å². The van der Waals surface area contributed by atoms with E-state index in [2.05, 4.69) is 50.4 Å². The Balaban J connectivity index is 2.07. The minimum absolute atomic E-state index is 0.243. The van der Waals surface area contributed by atoms with Crippen molar-refractivity contribution in [2.45, 2.75) is 64.5 Å². The van der Waals surface area contributed by atoms with E-state index in [0.717, 1.165) is 12.3 Å². The minimum atomic E-state index is 0.243. The van der Waals surface area contributed by atoms with Crippen LogP contribution in [-0.2, 0) is 0 Å². The number of hydrogen-bond donors (Lipinski definition) is 1. The average Bonchev–Trinajstić information content (AvgIpc) is 2.84. The summed E-state index contributed by atoms with van der Waals surface area (Å²) >= 11 is 0. The smallest absolute Gasteiger partial charge is 0.119 e. The summed E-state index contributed by atoms with van der Waals surface area (Å²) in [5, 5.41) is 3.70. The van der Waals surface area contributed by atoms with E-state index < -0.39 is 0 Å². The number of ether oxygens (including phenoxy) is 1. The first-order valence-corrected chi connectivity index (χ1v) is 7.70. The van der Waals surface area contributed by atoms with E-state index >= 15 is 0 Å². The zero-order valence-electron chi connectivity index (χ0n) is 12.5. The molecule has 0 heterocycles. The molecule has 1 fully saturated rings. The zero-order valence-corrected chi connectivity index (χ0v) is 12.5. The molecule has 0 saturated heterocycles. The van der Waals surface area contributed by atoms with E-state index in [4.69, 9.17) is 4.74 Å². The quantitative estimate of drug-likeness (QED) is 0.832.